The molecule has 0 rings (SSSR count). The minimum absolute atomic E-state index is 0.0540. The smallest absolute Gasteiger partial charge is 0.130 e. The molecule has 0 aliphatic carbocycles. The van der Waals surface area contributed by atoms with Crippen LogP contribution in [-0.4, -0.2) is 32.6 Å². The van der Waals surface area contributed by atoms with Crippen molar-refractivity contribution in [3.05, 3.63) is 0 Å². The van der Waals surface area contributed by atoms with Gasteiger partial charge < -0.3 is 14.8 Å². The molecule has 0 fully saturated rings. The molecule has 0 aliphatic heterocycles. The molecule has 16 heavy (non-hydrogen) atoms. The van der Waals surface area contributed by atoms with E-state index in [0.29, 0.717) is 13.0 Å². The van der Waals surface area contributed by atoms with Crippen molar-refractivity contribution >= 4 is 5.78 Å². The van der Waals surface area contributed by atoms with Gasteiger partial charge in [-0.15, -0.1) is 0 Å². The van der Waals surface area contributed by atoms with Crippen molar-refractivity contribution in [2.45, 2.75) is 41.0 Å². The Bertz CT molecular complexity index is 222. The van der Waals surface area contributed by atoms with Gasteiger partial charge in [-0.3, -0.25) is 0 Å². The van der Waals surface area contributed by atoms with E-state index in [-0.39, 0.29) is 16.6 Å². The van der Waals surface area contributed by atoms with E-state index >= 15 is 0 Å². The molecule has 0 amide bonds. The first kappa shape index (κ1) is 15.6. The highest BCUT2D eigenvalue weighted by Crippen LogP contribution is 2.22. The first-order valence-electron chi connectivity index (χ1n) is 5.90. The number of ketones is 1. The Morgan fingerprint density at radius 2 is 1.62 bits per heavy atom. The summed E-state index contributed by atoms with van der Waals surface area (Å²) in [5.41, 5.74) is 0.0859. The number of ether oxygens (including phenoxy) is 1. The molecule has 0 atom stereocenters. The van der Waals surface area contributed by atoms with Crippen LogP contribution < -0.4 is 5.32 Å². The van der Waals surface area contributed by atoms with Crippen molar-refractivity contribution in [2.75, 3.05) is 26.8 Å². The summed E-state index contributed by atoms with van der Waals surface area (Å²) >= 11 is 0. The van der Waals surface area contributed by atoms with Crippen LogP contribution in [0.4, 0.5) is 0 Å². The predicted molar refractivity (Wildman–Crippen MR) is 67.6 cm³/mol. The lowest BCUT2D eigenvalue weighted by Crippen LogP contribution is -2.33. The maximum atomic E-state index is 11.1. The quantitative estimate of drug-likeness (QED) is 0.694. The maximum Gasteiger partial charge on any atom is 0.130 e. The van der Waals surface area contributed by atoms with Crippen molar-refractivity contribution in [2.24, 2.45) is 10.8 Å². The van der Waals surface area contributed by atoms with Crippen LogP contribution in [0.3, 0.4) is 0 Å². The third-order valence-corrected chi connectivity index (χ3v) is 2.37. The average molecular weight is 229 g/mol. The van der Waals surface area contributed by atoms with Crippen LogP contribution in [-0.2, 0) is 9.53 Å². The summed E-state index contributed by atoms with van der Waals surface area (Å²) in [4.78, 5) is 11.1. The van der Waals surface area contributed by atoms with E-state index in [1.165, 1.54) is 0 Å². The van der Waals surface area contributed by atoms with E-state index in [1.807, 2.05) is 7.05 Å². The molecule has 0 aromatic carbocycles. The normalized spacial score (nSPS) is 12.9. The molecule has 0 radical (unpaired) electrons. The second-order valence-corrected chi connectivity index (χ2v) is 6.23. The van der Waals surface area contributed by atoms with Crippen molar-refractivity contribution in [3.8, 4) is 0 Å². The van der Waals surface area contributed by atoms with Gasteiger partial charge in [-0.25, -0.2) is 0 Å². The second-order valence-electron chi connectivity index (χ2n) is 6.23. The van der Waals surface area contributed by atoms with Gasteiger partial charge in [-0.1, -0.05) is 27.7 Å². The Kier molecular flexibility index (Phi) is 6.19. The van der Waals surface area contributed by atoms with Crippen LogP contribution in [0.5, 0.6) is 0 Å². The maximum absolute atomic E-state index is 11.1. The SMILES string of the molecule is CNCC(C)(C)COCC(C)(C)CC(C)=O. The average Bonchev–Trinajstić information content (AvgIpc) is 1.99. The van der Waals surface area contributed by atoms with Gasteiger partial charge in [0.25, 0.3) is 0 Å². The fraction of sp³-hybridized carbons (Fsp3) is 0.923. The van der Waals surface area contributed by atoms with Crippen LogP contribution >= 0.6 is 0 Å². The summed E-state index contributed by atoms with van der Waals surface area (Å²) in [6.45, 7) is 12.4. The molecule has 0 saturated heterocycles. The van der Waals surface area contributed by atoms with Gasteiger partial charge in [0.05, 0.1) is 13.2 Å². The molecule has 0 spiro atoms. The molecule has 3 nitrogen and oxygen atoms in total. The molecule has 1 N–H and O–H groups in total. The first-order valence-corrected chi connectivity index (χ1v) is 5.90. The zero-order chi connectivity index (χ0) is 12.8. The Morgan fingerprint density at radius 1 is 1.12 bits per heavy atom. The molecule has 0 unspecified atom stereocenters. The molecule has 0 aromatic rings. The summed E-state index contributed by atoms with van der Waals surface area (Å²) in [6.07, 6.45) is 0.583. The van der Waals surface area contributed by atoms with E-state index in [1.54, 1.807) is 6.92 Å². The number of rotatable bonds is 8. The van der Waals surface area contributed by atoms with Crippen molar-refractivity contribution < 1.29 is 9.53 Å². The standard InChI is InChI=1S/C13H27NO2/c1-11(15)7-12(2,3)9-16-10-13(4,5)8-14-6/h14H,7-10H2,1-6H3. The van der Waals surface area contributed by atoms with E-state index in [2.05, 4.69) is 33.0 Å². The van der Waals surface area contributed by atoms with Crippen LogP contribution in [0.15, 0.2) is 0 Å². The van der Waals surface area contributed by atoms with E-state index in [0.717, 1.165) is 13.2 Å². The zero-order valence-corrected chi connectivity index (χ0v) is 11.6. The summed E-state index contributed by atoms with van der Waals surface area (Å²) < 4.78 is 5.72. The fourth-order valence-electron chi connectivity index (χ4n) is 1.86. The fourth-order valence-corrected chi connectivity index (χ4v) is 1.86. The van der Waals surface area contributed by atoms with E-state index in [9.17, 15) is 4.79 Å². The van der Waals surface area contributed by atoms with Crippen molar-refractivity contribution in [1.82, 2.24) is 5.32 Å². The molecular formula is C13H27NO2. The number of nitrogens with one attached hydrogen (secondary N) is 1. The Labute approximate surface area is 99.9 Å². The van der Waals surface area contributed by atoms with E-state index < -0.39 is 0 Å². The topological polar surface area (TPSA) is 38.3 Å². The van der Waals surface area contributed by atoms with Gasteiger partial charge in [0.2, 0.25) is 0 Å². The minimum atomic E-state index is -0.0540. The molecule has 0 heterocycles. The largest absolute Gasteiger partial charge is 0.380 e. The lowest BCUT2D eigenvalue weighted by Gasteiger charge is -2.28. The highest BCUT2D eigenvalue weighted by atomic mass is 16.5. The molecule has 0 bridgehead atoms. The Hall–Kier alpha value is -0.410. The molecule has 0 aliphatic rings. The summed E-state index contributed by atoms with van der Waals surface area (Å²) in [6, 6.07) is 0. The molecule has 0 aromatic heterocycles. The van der Waals surface area contributed by atoms with Crippen LogP contribution in [0.1, 0.15) is 41.0 Å². The molecule has 3 heteroatoms. The van der Waals surface area contributed by atoms with Gasteiger partial charge in [0.15, 0.2) is 0 Å². The lowest BCUT2D eigenvalue weighted by molar-refractivity contribution is -0.120. The van der Waals surface area contributed by atoms with Crippen molar-refractivity contribution in [1.29, 1.82) is 0 Å². The van der Waals surface area contributed by atoms with Crippen molar-refractivity contribution in [3.63, 3.8) is 0 Å². The first-order chi connectivity index (χ1) is 7.18. The summed E-state index contributed by atoms with van der Waals surface area (Å²) in [5.74, 6) is 0.225. The van der Waals surface area contributed by atoms with Gasteiger partial charge in [-0.05, 0) is 19.4 Å². The minimum Gasteiger partial charge on any atom is -0.380 e. The number of hydrogen-bond donors (Lipinski definition) is 1. The van der Waals surface area contributed by atoms with Gasteiger partial charge in [0.1, 0.15) is 5.78 Å². The summed E-state index contributed by atoms with van der Waals surface area (Å²) in [7, 11) is 1.95. The van der Waals surface area contributed by atoms with Crippen LogP contribution in [0, 0.1) is 10.8 Å². The molecular weight excluding hydrogens is 202 g/mol. The highest BCUT2D eigenvalue weighted by molar-refractivity contribution is 5.76. The zero-order valence-electron chi connectivity index (χ0n) is 11.6. The van der Waals surface area contributed by atoms with E-state index in [4.69, 9.17) is 4.74 Å². The number of Topliss-reactive ketones (excluding diaryl/α,β-unsaturated/α-hetero) is 1. The molecule has 96 valence electrons. The predicted octanol–water partition coefficient (Wildman–Crippen LogP) is 2.25. The van der Waals surface area contributed by atoms with Gasteiger partial charge in [-0.2, -0.15) is 0 Å². The third-order valence-electron chi connectivity index (χ3n) is 2.37. The highest BCUT2D eigenvalue weighted by Gasteiger charge is 2.23. The second kappa shape index (κ2) is 6.36. The van der Waals surface area contributed by atoms with Gasteiger partial charge >= 0.3 is 0 Å². The number of carbonyl (C=O) groups excluding carboxylic acids is 1. The Morgan fingerprint density at radius 3 is 2.06 bits per heavy atom. The Balaban J connectivity index is 3.92. The van der Waals surface area contributed by atoms with Gasteiger partial charge in [0, 0.05) is 18.4 Å². The molecule has 0 saturated carbocycles. The van der Waals surface area contributed by atoms with Crippen LogP contribution in [0.2, 0.25) is 0 Å². The number of carbonyl (C=O) groups is 1. The summed E-state index contributed by atoms with van der Waals surface area (Å²) in [5, 5.41) is 3.15. The third kappa shape index (κ3) is 7.83. The number of hydrogen-bond acceptors (Lipinski definition) is 3. The van der Waals surface area contributed by atoms with Crippen LogP contribution in [0.25, 0.3) is 0 Å². The lowest BCUT2D eigenvalue weighted by atomic mass is 9.88. The monoisotopic (exact) mass is 229 g/mol.